The van der Waals surface area contributed by atoms with Crippen LogP contribution < -0.4 is 0 Å². The first-order valence-corrected chi connectivity index (χ1v) is 12.4. The molecule has 0 spiro atoms. The van der Waals surface area contributed by atoms with E-state index in [1.54, 1.807) is 0 Å². The van der Waals surface area contributed by atoms with Crippen molar-refractivity contribution in [2.24, 2.45) is 0 Å². The molecule has 1 aliphatic rings. The van der Waals surface area contributed by atoms with Gasteiger partial charge in [-0.25, -0.2) is 4.79 Å². The first-order valence-electron chi connectivity index (χ1n) is 12.4. The Hall–Kier alpha value is -0.850. The van der Waals surface area contributed by atoms with Crippen LogP contribution in [0.3, 0.4) is 0 Å². The van der Waals surface area contributed by atoms with E-state index in [1.807, 2.05) is 18.7 Å². The first kappa shape index (κ1) is 27.2. The van der Waals surface area contributed by atoms with E-state index in [2.05, 4.69) is 32.7 Å². The van der Waals surface area contributed by atoms with E-state index < -0.39 is 0 Å². The van der Waals surface area contributed by atoms with Crippen molar-refractivity contribution in [3.63, 3.8) is 0 Å². The second-order valence-electron chi connectivity index (χ2n) is 8.95. The molecule has 6 nitrogen and oxygen atoms in total. The summed E-state index contributed by atoms with van der Waals surface area (Å²) in [6.07, 6.45) is 11.7. The number of amides is 1. The lowest BCUT2D eigenvalue weighted by atomic mass is 10.1. The number of nitrogens with zero attached hydrogens (tertiary/aromatic N) is 2. The second-order valence-corrected chi connectivity index (χ2v) is 8.95. The molecule has 0 aromatic heterocycles. The molecule has 0 saturated carbocycles. The number of ether oxygens (including phenoxy) is 3. The molecular weight excluding hydrogens is 380 g/mol. The van der Waals surface area contributed by atoms with Gasteiger partial charge >= 0.3 is 6.09 Å². The lowest BCUT2D eigenvalue weighted by molar-refractivity contribution is -0.00693. The highest BCUT2D eigenvalue weighted by molar-refractivity contribution is 5.67. The van der Waals surface area contributed by atoms with E-state index in [4.69, 9.17) is 14.2 Å². The minimum Gasteiger partial charge on any atom is -0.447 e. The van der Waals surface area contributed by atoms with Crippen LogP contribution in [0.1, 0.15) is 98.8 Å². The van der Waals surface area contributed by atoms with Crippen LogP contribution in [0.4, 0.5) is 4.79 Å². The van der Waals surface area contributed by atoms with Crippen molar-refractivity contribution in [1.29, 1.82) is 0 Å². The second kappa shape index (κ2) is 15.9. The molecule has 30 heavy (non-hydrogen) atoms. The molecule has 0 N–H and O–H groups in total. The lowest BCUT2D eigenvalue weighted by Gasteiger charge is -2.23. The predicted molar refractivity (Wildman–Crippen MR) is 123 cm³/mol. The van der Waals surface area contributed by atoms with E-state index >= 15 is 0 Å². The molecule has 0 aliphatic carbocycles. The van der Waals surface area contributed by atoms with Crippen LogP contribution in [-0.2, 0) is 14.2 Å². The topological polar surface area (TPSA) is 54.5 Å². The van der Waals surface area contributed by atoms with Crippen molar-refractivity contribution in [1.82, 2.24) is 9.80 Å². The number of hydrogen-bond donors (Lipinski definition) is 0. The van der Waals surface area contributed by atoms with Crippen LogP contribution in [-0.4, -0.2) is 67.3 Å². The molecule has 1 saturated heterocycles. The molecular formula is C24H48N2O4. The largest absolute Gasteiger partial charge is 0.447 e. The first-order chi connectivity index (χ1) is 14.4. The third-order valence-corrected chi connectivity index (χ3v) is 5.64. The van der Waals surface area contributed by atoms with Crippen molar-refractivity contribution in [2.45, 2.75) is 124 Å². The van der Waals surface area contributed by atoms with Gasteiger partial charge < -0.3 is 19.1 Å². The van der Waals surface area contributed by atoms with E-state index in [-0.39, 0.29) is 30.8 Å². The van der Waals surface area contributed by atoms with Gasteiger partial charge in [0.25, 0.3) is 0 Å². The van der Waals surface area contributed by atoms with Crippen molar-refractivity contribution in [3.8, 4) is 0 Å². The molecule has 3 atom stereocenters. The monoisotopic (exact) mass is 428 g/mol. The van der Waals surface area contributed by atoms with E-state index in [0.717, 1.165) is 45.3 Å². The number of rotatable bonds is 18. The van der Waals surface area contributed by atoms with E-state index in [9.17, 15) is 4.79 Å². The van der Waals surface area contributed by atoms with Crippen molar-refractivity contribution in [2.75, 3.05) is 26.7 Å². The Morgan fingerprint density at radius 1 is 0.933 bits per heavy atom. The van der Waals surface area contributed by atoms with Crippen LogP contribution in [0.5, 0.6) is 0 Å². The summed E-state index contributed by atoms with van der Waals surface area (Å²) in [6.45, 7) is 12.9. The van der Waals surface area contributed by atoms with Gasteiger partial charge in [-0.2, -0.15) is 0 Å². The minimum absolute atomic E-state index is 0.0427. The van der Waals surface area contributed by atoms with Crippen LogP contribution >= 0.6 is 0 Å². The highest BCUT2D eigenvalue weighted by Crippen LogP contribution is 2.28. The number of unbranched alkanes of at least 4 members (excludes halogenated alkanes) is 7. The maximum Gasteiger partial charge on any atom is 0.410 e. The summed E-state index contributed by atoms with van der Waals surface area (Å²) in [5, 5.41) is 0. The van der Waals surface area contributed by atoms with Gasteiger partial charge in [-0.1, -0.05) is 58.8 Å². The van der Waals surface area contributed by atoms with Crippen LogP contribution in [0.2, 0.25) is 0 Å². The van der Waals surface area contributed by atoms with Crippen molar-refractivity contribution >= 4 is 6.09 Å². The molecule has 0 bridgehead atoms. The van der Waals surface area contributed by atoms with Gasteiger partial charge in [0, 0.05) is 13.1 Å². The quantitative estimate of drug-likeness (QED) is 0.204. The molecule has 1 aliphatic heterocycles. The highest BCUT2D eigenvalue weighted by Gasteiger charge is 2.43. The zero-order valence-electron chi connectivity index (χ0n) is 20.5. The van der Waals surface area contributed by atoms with Gasteiger partial charge in [-0.15, -0.1) is 0 Å². The van der Waals surface area contributed by atoms with E-state index in [1.165, 1.54) is 38.5 Å². The third kappa shape index (κ3) is 12.1. The zero-order chi connectivity index (χ0) is 22.4. The summed E-state index contributed by atoms with van der Waals surface area (Å²) in [6, 6.07) is 0. The molecule has 1 heterocycles. The summed E-state index contributed by atoms with van der Waals surface area (Å²) in [5.74, 6) is 0. The smallest absolute Gasteiger partial charge is 0.410 e. The SMILES string of the molecule is CCCCCCN(CCCCCCCC(C)OC1OC1N(C)CC)C(=O)OC(C)C. The van der Waals surface area contributed by atoms with Gasteiger partial charge in [0.2, 0.25) is 0 Å². The average molecular weight is 429 g/mol. The van der Waals surface area contributed by atoms with Gasteiger partial charge in [0.1, 0.15) is 0 Å². The van der Waals surface area contributed by atoms with Gasteiger partial charge in [-0.05, 0) is 53.6 Å². The number of carbonyl (C=O) groups is 1. The number of likely N-dealkylation sites (N-methyl/N-ethyl adjacent to an activating group) is 1. The van der Waals surface area contributed by atoms with Crippen LogP contribution in [0.25, 0.3) is 0 Å². The highest BCUT2D eigenvalue weighted by atomic mass is 16.8. The fraction of sp³-hybridized carbons (Fsp3) is 0.958. The van der Waals surface area contributed by atoms with Crippen molar-refractivity contribution in [3.05, 3.63) is 0 Å². The average Bonchev–Trinajstić information content (AvgIpc) is 3.46. The summed E-state index contributed by atoms with van der Waals surface area (Å²) in [7, 11) is 2.06. The molecule has 3 unspecified atom stereocenters. The molecule has 1 rings (SSSR count). The summed E-state index contributed by atoms with van der Waals surface area (Å²) < 4.78 is 16.9. The normalized spacial score (nSPS) is 19.3. The maximum atomic E-state index is 12.3. The van der Waals surface area contributed by atoms with Gasteiger partial charge in [-0.3, -0.25) is 4.90 Å². The Morgan fingerprint density at radius 2 is 1.53 bits per heavy atom. The maximum absolute atomic E-state index is 12.3. The molecule has 178 valence electrons. The molecule has 0 aromatic carbocycles. The zero-order valence-corrected chi connectivity index (χ0v) is 20.5. The summed E-state index contributed by atoms with van der Waals surface area (Å²) >= 11 is 0. The molecule has 0 radical (unpaired) electrons. The Bertz CT molecular complexity index is 447. The Kier molecular flexibility index (Phi) is 14.4. The summed E-state index contributed by atoms with van der Waals surface area (Å²) in [4.78, 5) is 16.4. The standard InChI is InChI=1S/C24H48N2O4/c1-7-9-10-15-18-26(24(27)28-20(3)4)19-16-13-11-12-14-17-21(5)29-23-22(30-23)25(6)8-2/h20-23H,7-19H2,1-6H3. The van der Waals surface area contributed by atoms with Gasteiger partial charge in [0.15, 0.2) is 12.5 Å². The summed E-state index contributed by atoms with van der Waals surface area (Å²) in [5.41, 5.74) is 0. The van der Waals surface area contributed by atoms with Crippen LogP contribution in [0, 0.1) is 0 Å². The lowest BCUT2D eigenvalue weighted by Crippen LogP contribution is -2.35. The molecule has 1 fully saturated rings. The Balaban J connectivity index is 2.10. The number of carbonyl (C=O) groups excluding carboxylic acids is 1. The predicted octanol–water partition coefficient (Wildman–Crippen LogP) is 5.79. The Labute approximate surface area is 185 Å². The number of epoxide rings is 1. The van der Waals surface area contributed by atoms with Crippen molar-refractivity contribution < 1.29 is 19.0 Å². The fourth-order valence-corrected chi connectivity index (χ4v) is 3.54. The van der Waals surface area contributed by atoms with Gasteiger partial charge in [0.05, 0.1) is 12.2 Å². The fourth-order valence-electron chi connectivity index (χ4n) is 3.54. The molecule has 0 aromatic rings. The Morgan fingerprint density at radius 3 is 2.13 bits per heavy atom. The van der Waals surface area contributed by atoms with E-state index in [0.29, 0.717) is 0 Å². The molecule has 6 heteroatoms. The third-order valence-electron chi connectivity index (χ3n) is 5.64. The van der Waals surface area contributed by atoms with Crippen LogP contribution in [0.15, 0.2) is 0 Å². The minimum atomic E-state index is -0.151. The molecule has 1 amide bonds. The number of hydrogen-bond acceptors (Lipinski definition) is 5.